The van der Waals surface area contributed by atoms with E-state index in [0.717, 1.165) is 0 Å². The minimum absolute atomic E-state index is 0.0543. The Hall–Kier alpha value is -2.44. The third-order valence-electron chi connectivity index (χ3n) is 2.75. The maximum Gasteiger partial charge on any atom is 0.257 e. The van der Waals surface area contributed by atoms with E-state index in [1.807, 2.05) is 0 Å². The molecule has 0 spiro atoms. The van der Waals surface area contributed by atoms with Crippen molar-refractivity contribution in [1.29, 1.82) is 0 Å². The fourth-order valence-corrected chi connectivity index (χ4v) is 2.16. The van der Waals surface area contributed by atoms with E-state index in [9.17, 15) is 9.59 Å². The zero-order valence-electron chi connectivity index (χ0n) is 11.3. The van der Waals surface area contributed by atoms with Gasteiger partial charge in [0.15, 0.2) is 5.11 Å². The minimum atomic E-state index is -0.591. The predicted octanol–water partition coefficient (Wildman–Crippen LogP) is 2.57. The first kappa shape index (κ1) is 15.9. The van der Waals surface area contributed by atoms with Crippen LogP contribution in [0.15, 0.2) is 48.5 Å². The largest absolute Gasteiger partial charge is 0.366 e. The molecule has 0 aromatic heterocycles. The molecule has 0 saturated heterocycles. The van der Waals surface area contributed by atoms with Crippen LogP contribution in [0.3, 0.4) is 0 Å². The molecule has 0 fully saturated rings. The SMILES string of the molecule is NC(=O)c1ccccc1NC(=S)NC(=O)c1cccc(Cl)c1. The highest BCUT2D eigenvalue weighted by molar-refractivity contribution is 7.80. The molecule has 0 saturated carbocycles. The number of hydrogen-bond acceptors (Lipinski definition) is 3. The molecule has 0 bridgehead atoms. The van der Waals surface area contributed by atoms with Crippen molar-refractivity contribution in [2.45, 2.75) is 0 Å². The summed E-state index contributed by atoms with van der Waals surface area (Å²) in [4.78, 5) is 23.3. The number of nitrogens with two attached hydrogens (primary N) is 1. The molecule has 0 unspecified atom stereocenters. The van der Waals surface area contributed by atoms with Crippen LogP contribution in [0.2, 0.25) is 5.02 Å². The van der Waals surface area contributed by atoms with E-state index in [2.05, 4.69) is 10.6 Å². The molecule has 0 radical (unpaired) electrons. The lowest BCUT2D eigenvalue weighted by Crippen LogP contribution is -2.34. The van der Waals surface area contributed by atoms with Gasteiger partial charge in [-0.25, -0.2) is 0 Å². The summed E-state index contributed by atoms with van der Waals surface area (Å²) in [6, 6.07) is 13.1. The Labute approximate surface area is 137 Å². The standard InChI is InChI=1S/C15H12ClN3O2S/c16-10-5-3-4-9(8-10)14(21)19-15(22)18-12-7-2-1-6-11(12)13(17)20/h1-8H,(H2,17,20)(H2,18,19,21,22). The van der Waals surface area contributed by atoms with Crippen LogP contribution in [-0.4, -0.2) is 16.9 Å². The molecule has 2 rings (SSSR count). The molecule has 0 atom stereocenters. The molecule has 22 heavy (non-hydrogen) atoms. The van der Waals surface area contributed by atoms with Gasteiger partial charge in [0.2, 0.25) is 0 Å². The van der Waals surface area contributed by atoms with Crippen LogP contribution in [0.5, 0.6) is 0 Å². The van der Waals surface area contributed by atoms with Crippen molar-refractivity contribution in [3.05, 3.63) is 64.7 Å². The smallest absolute Gasteiger partial charge is 0.257 e. The Morgan fingerprint density at radius 3 is 2.50 bits per heavy atom. The van der Waals surface area contributed by atoms with Crippen LogP contribution in [0.4, 0.5) is 5.69 Å². The van der Waals surface area contributed by atoms with Crippen molar-refractivity contribution in [1.82, 2.24) is 5.32 Å². The molecule has 4 N–H and O–H groups in total. The number of halogens is 1. The first-order chi connectivity index (χ1) is 10.5. The van der Waals surface area contributed by atoms with Crippen molar-refractivity contribution in [2.24, 2.45) is 5.73 Å². The minimum Gasteiger partial charge on any atom is -0.366 e. The van der Waals surface area contributed by atoms with E-state index in [1.54, 1.807) is 42.5 Å². The summed E-state index contributed by atoms with van der Waals surface area (Å²) in [5.74, 6) is -0.997. The number of rotatable bonds is 3. The zero-order chi connectivity index (χ0) is 16.1. The molecule has 7 heteroatoms. The maximum absolute atomic E-state index is 12.0. The number of para-hydroxylation sites is 1. The third kappa shape index (κ3) is 4.03. The highest BCUT2D eigenvalue weighted by Crippen LogP contribution is 2.14. The fraction of sp³-hybridized carbons (Fsp3) is 0. The molecule has 0 aliphatic rings. The summed E-state index contributed by atoms with van der Waals surface area (Å²) in [7, 11) is 0. The van der Waals surface area contributed by atoms with Gasteiger partial charge < -0.3 is 11.1 Å². The van der Waals surface area contributed by atoms with E-state index in [4.69, 9.17) is 29.6 Å². The lowest BCUT2D eigenvalue weighted by molar-refractivity contribution is 0.0975. The summed E-state index contributed by atoms with van der Waals surface area (Å²) < 4.78 is 0. The number of thiocarbonyl (C=S) groups is 1. The average molecular weight is 334 g/mol. The van der Waals surface area contributed by atoms with Gasteiger partial charge in [-0.05, 0) is 42.5 Å². The Bertz CT molecular complexity index is 749. The second-order valence-corrected chi connectivity index (χ2v) is 5.17. The molecular formula is C15H12ClN3O2S. The topological polar surface area (TPSA) is 84.2 Å². The van der Waals surface area contributed by atoms with Crippen molar-refractivity contribution in [3.63, 3.8) is 0 Å². The summed E-state index contributed by atoms with van der Waals surface area (Å²) >= 11 is 10.9. The highest BCUT2D eigenvalue weighted by atomic mass is 35.5. The van der Waals surface area contributed by atoms with Crippen LogP contribution in [0.25, 0.3) is 0 Å². The van der Waals surface area contributed by atoms with E-state index >= 15 is 0 Å². The summed E-state index contributed by atoms with van der Waals surface area (Å²) in [6.45, 7) is 0. The number of carbonyl (C=O) groups is 2. The van der Waals surface area contributed by atoms with Gasteiger partial charge in [0.1, 0.15) is 0 Å². The highest BCUT2D eigenvalue weighted by Gasteiger charge is 2.11. The average Bonchev–Trinajstić information content (AvgIpc) is 2.47. The molecule has 0 heterocycles. The lowest BCUT2D eigenvalue weighted by atomic mass is 10.1. The van der Waals surface area contributed by atoms with Crippen LogP contribution < -0.4 is 16.4 Å². The Balaban J connectivity index is 2.08. The Morgan fingerprint density at radius 2 is 1.82 bits per heavy atom. The molecule has 0 aliphatic carbocycles. The van der Waals surface area contributed by atoms with Gasteiger partial charge in [0.05, 0.1) is 11.3 Å². The fourth-order valence-electron chi connectivity index (χ4n) is 1.77. The van der Waals surface area contributed by atoms with E-state index in [0.29, 0.717) is 16.3 Å². The summed E-state index contributed by atoms with van der Waals surface area (Å²) in [6.07, 6.45) is 0. The van der Waals surface area contributed by atoms with Crippen LogP contribution in [0.1, 0.15) is 20.7 Å². The van der Waals surface area contributed by atoms with E-state index in [1.165, 1.54) is 6.07 Å². The lowest BCUT2D eigenvalue weighted by Gasteiger charge is -2.12. The molecule has 5 nitrogen and oxygen atoms in total. The number of carbonyl (C=O) groups excluding carboxylic acids is 2. The summed E-state index contributed by atoms with van der Waals surface area (Å²) in [5.41, 5.74) is 6.35. The zero-order valence-corrected chi connectivity index (χ0v) is 12.9. The molecule has 2 aromatic carbocycles. The van der Waals surface area contributed by atoms with Gasteiger partial charge in [-0.15, -0.1) is 0 Å². The van der Waals surface area contributed by atoms with Crippen molar-refractivity contribution in [3.8, 4) is 0 Å². The predicted molar refractivity (Wildman–Crippen MR) is 90.1 cm³/mol. The molecule has 2 amide bonds. The second kappa shape index (κ2) is 7.02. The Kier molecular flexibility index (Phi) is 5.08. The van der Waals surface area contributed by atoms with Gasteiger partial charge in [-0.2, -0.15) is 0 Å². The van der Waals surface area contributed by atoms with Gasteiger partial charge in [-0.1, -0.05) is 29.8 Å². The number of hydrogen-bond donors (Lipinski definition) is 3. The normalized spacial score (nSPS) is 9.86. The molecule has 112 valence electrons. The summed E-state index contributed by atoms with van der Waals surface area (Å²) in [5, 5.41) is 5.79. The van der Waals surface area contributed by atoms with Crippen LogP contribution in [0, 0.1) is 0 Å². The first-order valence-electron chi connectivity index (χ1n) is 6.24. The Morgan fingerprint density at radius 1 is 1.09 bits per heavy atom. The van der Waals surface area contributed by atoms with Crippen molar-refractivity contribution in [2.75, 3.05) is 5.32 Å². The molecule has 2 aromatic rings. The van der Waals surface area contributed by atoms with Gasteiger partial charge in [0.25, 0.3) is 11.8 Å². The number of nitrogens with one attached hydrogen (secondary N) is 2. The van der Waals surface area contributed by atoms with Crippen LogP contribution >= 0.6 is 23.8 Å². The maximum atomic E-state index is 12.0. The van der Waals surface area contributed by atoms with Gasteiger partial charge in [0, 0.05) is 10.6 Å². The van der Waals surface area contributed by atoms with E-state index in [-0.39, 0.29) is 10.7 Å². The third-order valence-corrected chi connectivity index (χ3v) is 3.19. The van der Waals surface area contributed by atoms with E-state index < -0.39 is 11.8 Å². The molecular weight excluding hydrogens is 322 g/mol. The number of amides is 2. The van der Waals surface area contributed by atoms with Crippen molar-refractivity contribution >= 4 is 46.4 Å². The number of benzene rings is 2. The van der Waals surface area contributed by atoms with Gasteiger partial charge >= 0.3 is 0 Å². The molecule has 0 aliphatic heterocycles. The van der Waals surface area contributed by atoms with Crippen LogP contribution in [-0.2, 0) is 0 Å². The first-order valence-corrected chi connectivity index (χ1v) is 7.02. The quantitative estimate of drug-likeness (QED) is 0.754. The van der Waals surface area contributed by atoms with Crippen molar-refractivity contribution < 1.29 is 9.59 Å². The second-order valence-electron chi connectivity index (χ2n) is 4.33. The monoisotopic (exact) mass is 333 g/mol. The van der Waals surface area contributed by atoms with Gasteiger partial charge in [-0.3, -0.25) is 14.9 Å². The number of anilines is 1. The number of primary amides is 1.